The van der Waals surface area contributed by atoms with E-state index in [9.17, 15) is 4.79 Å². The number of ether oxygens (including phenoxy) is 1. The lowest BCUT2D eigenvalue weighted by atomic mass is 9.97. The first-order valence-corrected chi connectivity index (χ1v) is 6.37. The van der Waals surface area contributed by atoms with Crippen molar-refractivity contribution in [2.75, 3.05) is 25.5 Å². The predicted molar refractivity (Wildman–Crippen MR) is 72.0 cm³/mol. The van der Waals surface area contributed by atoms with Crippen LogP contribution in [0.25, 0.3) is 0 Å². The zero-order valence-corrected chi connectivity index (χ0v) is 11.0. The van der Waals surface area contributed by atoms with Crippen LogP contribution in [-0.2, 0) is 4.79 Å². The van der Waals surface area contributed by atoms with Crippen molar-refractivity contribution in [3.63, 3.8) is 0 Å². The zero-order chi connectivity index (χ0) is 13.0. The maximum Gasteiger partial charge on any atom is 0.227 e. The largest absolute Gasteiger partial charge is 0.497 e. The van der Waals surface area contributed by atoms with Gasteiger partial charge in [0.15, 0.2) is 0 Å². The van der Waals surface area contributed by atoms with E-state index in [1.54, 1.807) is 7.11 Å². The molecule has 1 aromatic rings. The highest BCUT2D eigenvalue weighted by Gasteiger charge is 2.21. The highest BCUT2D eigenvalue weighted by atomic mass is 16.5. The minimum absolute atomic E-state index is 0.129. The van der Waals surface area contributed by atoms with Gasteiger partial charge in [-0.2, -0.15) is 0 Å². The number of piperidine rings is 1. The Bertz CT molecular complexity index is 426. The van der Waals surface area contributed by atoms with Gasteiger partial charge in [-0.15, -0.1) is 0 Å². The summed E-state index contributed by atoms with van der Waals surface area (Å²) in [5.41, 5.74) is 1.90. The molecule has 18 heavy (non-hydrogen) atoms. The first kappa shape index (κ1) is 12.9. The van der Waals surface area contributed by atoms with E-state index >= 15 is 0 Å². The third-order valence-electron chi connectivity index (χ3n) is 3.40. The van der Waals surface area contributed by atoms with Crippen molar-refractivity contribution in [2.45, 2.75) is 19.8 Å². The summed E-state index contributed by atoms with van der Waals surface area (Å²) in [5.74, 6) is 1.07. The molecule has 1 heterocycles. The first-order chi connectivity index (χ1) is 8.70. The Morgan fingerprint density at radius 2 is 2.11 bits per heavy atom. The van der Waals surface area contributed by atoms with Crippen molar-refractivity contribution >= 4 is 11.6 Å². The van der Waals surface area contributed by atoms with Crippen LogP contribution in [0, 0.1) is 12.8 Å². The molecule has 98 valence electrons. The fourth-order valence-electron chi connectivity index (χ4n) is 2.22. The van der Waals surface area contributed by atoms with E-state index in [-0.39, 0.29) is 11.8 Å². The molecule has 1 saturated heterocycles. The lowest BCUT2D eigenvalue weighted by Crippen LogP contribution is -2.34. The second-order valence-corrected chi connectivity index (χ2v) is 4.69. The van der Waals surface area contributed by atoms with Gasteiger partial charge in [-0.05, 0) is 56.6 Å². The molecule has 0 radical (unpaired) electrons. The number of benzene rings is 1. The third kappa shape index (κ3) is 3.01. The van der Waals surface area contributed by atoms with E-state index < -0.39 is 0 Å². The number of nitrogens with one attached hydrogen (secondary N) is 2. The number of carbonyl (C=O) groups excluding carboxylic acids is 1. The monoisotopic (exact) mass is 248 g/mol. The molecule has 0 unspecified atom stereocenters. The van der Waals surface area contributed by atoms with Crippen molar-refractivity contribution < 1.29 is 9.53 Å². The van der Waals surface area contributed by atoms with E-state index in [4.69, 9.17) is 4.74 Å². The van der Waals surface area contributed by atoms with Crippen molar-refractivity contribution in [3.05, 3.63) is 23.8 Å². The van der Waals surface area contributed by atoms with E-state index in [2.05, 4.69) is 10.6 Å². The lowest BCUT2D eigenvalue weighted by Gasteiger charge is -2.22. The molecule has 1 amide bonds. The Labute approximate surface area is 108 Å². The fraction of sp³-hybridized carbons (Fsp3) is 0.500. The van der Waals surface area contributed by atoms with Gasteiger partial charge in [0.1, 0.15) is 5.75 Å². The maximum atomic E-state index is 12.1. The van der Waals surface area contributed by atoms with Gasteiger partial charge in [0.05, 0.1) is 7.11 Å². The Balaban J connectivity index is 2.02. The highest BCUT2D eigenvalue weighted by molar-refractivity contribution is 5.93. The van der Waals surface area contributed by atoms with Gasteiger partial charge >= 0.3 is 0 Å². The predicted octanol–water partition coefficient (Wildman–Crippen LogP) is 1.94. The summed E-state index contributed by atoms with van der Waals surface area (Å²) in [5, 5.41) is 6.27. The first-order valence-electron chi connectivity index (χ1n) is 6.37. The molecule has 1 aromatic carbocycles. The molecule has 4 heteroatoms. The Hall–Kier alpha value is -1.55. The quantitative estimate of drug-likeness (QED) is 0.859. The summed E-state index contributed by atoms with van der Waals surface area (Å²) in [6.07, 6.45) is 1.84. The molecule has 0 bridgehead atoms. The molecule has 2 rings (SSSR count). The van der Waals surface area contributed by atoms with Gasteiger partial charge in [-0.25, -0.2) is 0 Å². The van der Waals surface area contributed by atoms with E-state index in [0.717, 1.165) is 42.9 Å². The molecule has 1 aliphatic heterocycles. The van der Waals surface area contributed by atoms with Crippen molar-refractivity contribution in [3.8, 4) is 5.75 Å². The number of carbonyl (C=O) groups is 1. The maximum absolute atomic E-state index is 12.1. The van der Waals surface area contributed by atoms with Crippen molar-refractivity contribution in [1.29, 1.82) is 0 Å². The average molecular weight is 248 g/mol. The van der Waals surface area contributed by atoms with Crippen LogP contribution >= 0.6 is 0 Å². The van der Waals surface area contributed by atoms with E-state index in [1.807, 2.05) is 25.1 Å². The van der Waals surface area contributed by atoms with Crippen LogP contribution in [0.15, 0.2) is 18.2 Å². The van der Waals surface area contributed by atoms with Gasteiger partial charge in [0.25, 0.3) is 0 Å². The number of methoxy groups -OCH3 is 1. The van der Waals surface area contributed by atoms with Gasteiger partial charge in [-0.1, -0.05) is 0 Å². The third-order valence-corrected chi connectivity index (χ3v) is 3.40. The summed E-state index contributed by atoms with van der Waals surface area (Å²) in [7, 11) is 1.64. The smallest absolute Gasteiger partial charge is 0.227 e. The second kappa shape index (κ2) is 5.87. The number of hydrogen-bond acceptors (Lipinski definition) is 3. The zero-order valence-electron chi connectivity index (χ0n) is 11.0. The van der Waals surface area contributed by atoms with Crippen LogP contribution in [0.4, 0.5) is 5.69 Å². The van der Waals surface area contributed by atoms with Gasteiger partial charge in [0, 0.05) is 11.6 Å². The molecule has 0 saturated carbocycles. The molecule has 0 spiro atoms. The van der Waals surface area contributed by atoms with E-state index in [0.29, 0.717) is 0 Å². The SMILES string of the molecule is COc1ccc(NC(=O)C2CCNCC2)c(C)c1. The molecular weight excluding hydrogens is 228 g/mol. The number of aryl methyl sites for hydroxylation is 1. The van der Waals surface area contributed by atoms with Crippen molar-refractivity contribution in [2.24, 2.45) is 5.92 Å². The Kier molecular flexibility index (Phi) is 4.20. The molecule has 1 aliphatic rings. The minimum Gasteiger partial charge on any atom is -0.497 e. The molecular formula is C14H20N2O2. The van der Waals surface area contributed by atoms with Crippen LogP contribution < -0.4 is 15.4 Å². The molecule has 2 N–H and O–H groups in total. The molecule has 0 aromatic heterocycles. The van der Waals surface area contributed by atoms with Crippen LogP contribution in [0.2, 0.25) is 0 Å². The van der Waals surface area contributed by atoms with Gasteiger partial charge < -0.3 is 15.4 Å². The van der Waals surface area contributed by atoms with Crippen LogP contribution in [0.1, 0.15) is 18.4 Å². The van der Waals surface area contributed by atoms with Crippen LogP contribution in [0.5, 0.6) is 5.75 Å². The second-order valence-electron chi connectivity index (χ2n) is 4.69. The topological polar surface area (TPSA) is 50.4 Å². The number of anilines is 1. The summed E-state index contributed by atoms with van der Waals surface area (Å²) < 4.78 is 5.15. The minimum atomic E-state index is 0.129. The molecule has 4 nitrogen and oxygen atoms in total. The number of rotatable bonds is 3. The average Bonchev–Trinajstić information content (AvgIpc) is 2.42. The molecule has 1 fully saturated rings. The fourth-order valence-corrected chi connectivity index (χ4v) is 2.22. The van der Waals surface area contributed by atoms with Gasteiger partial charge in [0.2, 0.25) is 5.91 Å². The highest BCUT2D eigenvalue weighted by Crippen LogP contribution is 2.22. The Morgan fingerprint density at radius 3 is 2.72 bits per heavy atom. The summed E-state index contributed by atoms with van der Waals surface area (Å²) in [4.78, 5) is 12.1. The molecule has 0 atom stereocenters. The van der Waals surface area contributed by atoms with Crippen LogP contribution in [-0.4, -0.2) is 26.1 Å². The van der Waals surface area contributed by atoms with E-state index in [1.165, 1.54) is 0 Å². The normalized spacial score (nSPS) is 16.3. The summed E-state index contributed by atoms with van der Waals surface area (Å²) in [6, 6.07) is 5.69. The molecule has 0 aliphatic carbocycles. The standard InChI is InChI=1S/C14H20N2O2/c1-10-9-12(18-2)3-4-13(10)16-14(17)11-5-7-15-8-6-11/h3-4,9,11,15H,5-8H2,1-2H3,(H,16,17). The lowest BCUT2D eigenvalue weighted by molar-refractivity contribution is -0.120. The summed E-state index contributed by atoms with van der Waals surface area (Å²) in [6.45, 7) is 3.83. The van der Waals surface area contributed by atoms with Crippen LogP contribution in [0.3, 0.4) is 0 Å². The summed E-state index contributed by atoms with van der Waals surface area (Å²) >= 11 is 0. The van der Waals surface area contributed by atoms with Crippen molar-refractivity contribution in [1.82, 2.24) is 5.32 Å². The Morgan fingerprint density at radius 1 is 1.39 bits per heavy atom. The number of hydrogen-bond donors (Lipinski definition) is 2. The van der Waals surface area contributed by atoms with Gasteiger partial charge in [-0.3, -0.25) is 4.79 Å². The number of amides is 1.